The van der Waals surface area contributed by atoms with Crippen LogP contribution in [0.3, 0.4) is 0 Å². The van der Waals surface area contributed by atoms with Crippen LogP contribution >= 0.6 is 0 Å². The third-order valence-corrected chi connectivity index (χ3v) is 5.17. The lowest BCUT2D eigenvalue weighted by atomic mass is 9.91. The molecule has 0 radical (unpaired) electrons. The zero-order valence-corrected chi connectivity index (χ0v) is 14.2. The largest absolute Gasteiger partial charge is 0.460 e. The fraction of sp³-hybridized carbons (Fsp3) is 0.167. The van der Waals surface area contributed by atoms with Gasteiger partial charge in [-0.1, -0.05) is 66.8 Å². The lowest BCUT2D eigenvalue weighted by Gasteiger charge is -2.11. The summed E-state index contributed by atoms with van der Waals surface area (Å²) in [6, 6.07) is 15.1. The van der Waals surface area contributed by atoms with Gasteiger partial charge in [0.1, 0.15) is 11.3 Å². The average molecular weight is 324 g/mol. The molecule has 25 heavy (non-hydrogen) atoms. The number of hydrogen-bond donors (Lipinski definition) is 0. The minimum Gasteiger partial charge on any atom is -0.460 e. The Balaban J connectivity index is 1.83. The Morgan fingerprint density at radius 2 is 1.60 bits per heavy atom. The van der Waals surface area contributed by atoms with Gasteiger partial charge in [0.25, 0.3) is 0 Å². The average Bonchev–Trinajstić information content (AvgIpc) is 3.08. The normalized spacial score (nSPS) is 16.1. The molecule has 1 aromatic heterocycles. The monoisotopic (exact) mass is 324 g/mol. The van der Waals surface area contributed by atoms with Crippen molar-refractivity contribution in [2.75, 3.05) is 0 Å². The van der Waals surface area contributed by atoms with Crippen LogP contribution in [0.1, 0.15) is 36.1 Å². The molecule has 0 aliphatic heterocycles. The van der Waals surface area contributed by atoms with E-state index in [1.54, 1.807) is 0 Å². The van der Waals surface area contributed by atoms with E-state index in [1.807, 2.05) is 0 Å². The van der Waals surface area contributed by atoms with Gasteiger partial charge in [0.15, 0.2) is 0 Å². The number of rotatable bonds is 2. The molecular weight excluding hydrogens is 304 g/mol. The summed E-state index contributed by atoms with van der Waals surface area (Å²) in [4.78, 5) is 0. The van der Waals surface area contributed by atoms with Gasteiger partial charge in [-0.2, -0.15) is 0 Å². The molecule has 0 N–H and O–H groups in total. The van der Waals surface area contributed by atoms with Gasteiger partial charge in [0.05, 0.1) is 0 Å². The zero-order chi connectivity index (χ0) is 16.6. The Morgan fingerprint density at radius 3 is 2.44 bits per heavy atom. The maximum Gasteiger partial charge on any atom is 0.143 e. The van der Waals surface area contributed by atoms with Gasteiger partial charge < -0.3 is 4.42 Å². The highest BCUT2D eigenvalue weighted by molar-refractivity contribution is 6.06. The molecule has 1 heterocycles. The minimum absolute atomic E-state index is 0.989. The molecule has 0 saturated heterocycles. The van der Waals surface area contributed by atoms with Crippen molar-refractivity contribution in [3.05, 3.63) is 83.7 Å². The topological polar surface area (TPSA) is 13.1 Å². The summed E-state index contributed by atoms with van der Waals surface area (Å²) < 4.78 is 6.41. The van der Waals surface area contributed by atoms with Crippen molar-refractivity contribution in [2.24, 2.45) is 0 Å². The van der Waals surface area contributed by atoms with Crippen LogP contribution in [0.4, 0.5) is 0 Å². The SMILES string of the molecule is C1=CC(c2ccc(-c3ccccc3)c3c4c(oc23)CCC=C4)=CCC1. The zero-order valence-electron chi connectivity index (χ0n) is 14.2. The third-order valence-electron chi connectivity index (χ3n) is 5.17. The highest BCUT2D eigenvalue weighted by atomic mass is 16.3. The van der Waals surface area contributed by atoms with Gasteiger partial charge in [-0.25, -0.2) is 0 Å². The molecule has 2 aliphatic rings. The second-order valence-electron chi connectivity index (χ2n) is 6.75. The van der Waals surface area contributed by atoms with Crippen molar-refractivity contribution < 1.29 is 4.42 Å². The second kappa shape index (κ2) is 5.93. The van der Waals surface area contributed by atoms with Crippen LogP contribution in [0.5, 0.6) is 0 Å². The van der Waals surface area contributed by atoms with Crippen molar-refractivity contribution in [1.29, 1.82) is 0 Å². The molecule has 0 fully saturated rings. The van der Waals surface area contributed by atoms with Gasteiger partial charge in [0.2, 0.25) is 0 Å². The fourth-order valence-corrected chi connectivity index (χ4v) is 3.95. The maximum atomic E-state index is 6.41. The molecule has 0 spiro atoms. The Kier molecular flexibility index (Phi) is 3.45. The summed E-state index contributed by atoms with van der Waals surface area (Å²) in [5.41, 5.74) is 7.31. The van der Waals surface area contributed by atoms with Gasteiger partial charge in [-0.05, 0) is 42.0 Å². The van der Waals surface area contributed by atoms with E-state index in [0.717, 1.165) is 37.0 Å². The predicted octanol–water partition coefficient (Wildman–Crippen LogP) is 6.79. The van der Waals surface area contributed by atoms with Crippen molar-refractivity contribution >= 4 is 22.6 Å². The van der Waals surface area contributed by atoms with Crippen LogP contribution < -0.4 is 0 Å². The quantitative estimate of drug-likeness (QED) is 0.505. The maximum absolute atomic E-state index is 6.41. The molecule has 1 heteroatoms. The Labute approximate surface area is 148 Å². The van der Waals surface area contributed by atoms with Crippen LogP contribution in [0.2, 0.25) is 0 Å². The first-order valence-electron chi connectivity index (χ1n) is 9.09. The predicted molar refractivity (Wildman–Crippen MR) is 105 cm³/mol. The standard InChI is InChI=1S/C24H20O/c1-3-9-17(10-4-1)19-15-16-20(18-11-5-2-6-12-18)24-23(19)21-13-7-8-14-22(21)25-24/h1,3-5,7,9-13,15-16H,2,6,8,14H2. The number of aryl methyl sites for hydroxylation is 1. The number of fused-ring (bicyclic) bond motifs is 3. The molecule has 0 saturated carbocycles. The van der Waals surface area contributed by atoms with Gasteiger partial charge in [-0.3, -0.25) is 0 Å². The first kappa shape index (κ1) is 14.5. The highest BCUT2D eigenvalue weighted by Crippen LogP contribution is 2.41. The van der Waals surface area contributed by atoms with Crippen LogP contribution in [0.25, 0.3) is 33.7 Å². The molecule has 3 aromatic rings. The van der Waals surface area contributed by atoms with Gasteiger partial charge in [0, 0.05) is 22.9 Å². The van der Waals surface area contributed by atoms with Crippen molar-refractivity contribution in [3.63, 3.8) is 0 Å². The van der Waals surface area contributed by atoms with Crippen molar-refractivity contribution in [2.45, 2.75) is 25.7 Å². The fourth-order valence-electron chi connectivity index (χ4n) is 3.95. The number of furan rings is 1. The van der Waals surface area contributed by atoms with E-state index < -0.39 is 0 Å². The van der Waals surface area contributed by atoms with E-state index >= 15 is 0 Å². The molecule has 0 bridgehead atoms. The van der Waals surface area contributed by atoms with E-state index in [9.17, 15) is 0 Å². The van der Waals surface area contributed by atoms with E-state index in [2.05, 4.69) is 72.8 Å². The molecule has 0 amide bonds. The molecule has 1 nitrogen and oxygen atoms in total. The lowest BCUT2D eigenvalue weighted by molar-refractivity contribution is 0.545. The molecule has 122 valence electrons. The van der Waals surface area contributed by atoms with Gasteiger partial charge in [-0.15, -0.1) is 0 Å². The summed E-state index contributed by atoms with van der Waals surface area (Å²) in [6.45, 7) is 0. The number of benzene rings is 2. The summed E-state index contributed by atoms with van der Waals surface area (Å²) in [5.74, 6) is 1.13. The van der Waals surface area contributed by atoms with Crippen LogP contribution in [-0.4, -0.2) is 0 Å². The molecule has 0 unspecified atom stereocenters. The molecular formula is C24H20O. The summed E-state index contributed by atoms with van der Waals surface area (Å²) in [6.07, 6.45) is 15.6. The van der Waals surface area contributed by atoms with E-state index in [0.29, 0.717) is 0 Å². The van der Waals surface area contributed by atoms with E-state index in [4.69, 9.17) is 4.42 Å². The smallest absolute Gasteiger partial charge is 0.143 e. The first-order chi connectivity index (χ1) is 12.4. The Hall–Kier alpha value is -2.80. The lowest BCUT2D eigenvalue weighted by Crippen LogP contribution is -1.90. The highest BCUT2D eigenvalue weighted by Gasteiger charge is 2.21. The molecule has 0 atom stereocenters. The number of hydrogen-bond acceptors (Lipinski definition) is 1. The van der Waals surface area contributed by atoms with Crippen LogP contribution in [0, 0.1) is 0 Å². The first-order valence-corrected chi connectivity index (χ1v) is 9.09. The minimum atomic E-state index is 0.989. The van der Waals surface area contributed by atoms with Crippen molar-refractivity contribution in [3.8, 4) is 11.1 Å². The van der Waals surface area contributed by atoms with Gasteiger partial charge >= 0.3 is 0 Å². The van der Waals surface area contributed by atoms with Crippen molar-refractivity contribution in [1.82, 2.24) is 0 Å². The summed E-state index contributed by atoms with van der Waals surface area (Å²) >= 11 is 0. The molecule has 2 aliphatic carbocycles. The number of allylic oxidation sites excluding steroid dienone is 5. The van der Waals surface area contributed by atoms with Crippen LogP contribution in [-0.2, 0) is 6.42 Å². The second-order valence-corrected chi connectivity index (χ2v) is 6.75. The summed E-state index contributed by atoms with van der Waals surface area (Å²) in [7, 11) is 0. The third kappa shape index (κ3) is 2.39. The molecule has 2 aromatic carbocycles. The van der Waals surface area contributed by atoms with E-state index in [-0.39, 0.29) is 0 Å². The van der Waals surface area contributed by atoms with Crippen LogP contribution in [0.15, 0.2) is 71.2 Å². The van der Waals surface area contributed by atoms with E-state index in [1.165, 1.54) is 33.2 Å². The molecule has 5 rings (SSSR count). The summed E-state index contributed by atoms with van der Waals surface area (Å²) in [5, 5.41) is 1.26. The Bertz CT molecular complexity index is 1030. The Morgan fingerprint density at radius 1 is 0.760 bits per heavy atom.